The number of Topliss-reactive ketones (excluding diaryl/α,β-unsaturated/α-hetero) is 2. The molecule has 1 fully saturated rings. The monoisotopic (exact) mass is 422 g/mol. The number of piperidine rings is 1. The van der Waals surface area contributed by atoms with E-state index in [1.54, 1.807) is 0 Å². The summed E-state index contributed by atoms with van der Waals surface area (Å²) in [5.74, 6) is -0.843. The highest BCUT2D eigenvalue weighted by Crippen LogP contribution is 2.22. The van der Waals surface area contributed by atoms with E-state index in [4.69, 9.17) is 0 Å². The Labute approximate surface area is 185 Å². The molecule has 2 aromatic rings. The van der Waals surface area contributed by atoms with E-state index in [0.717, 1.165) is 43.5 Å². The Bertz CT molecular complexity index is 853. The van der Waals surface area contributed by atoms with Crippen LogP contribution in [0.4, 0.5) is 0 Å². The lowest BCUT2D eigenvalue weighted by molar-refractivity contribution is -0.125. The fourth-order valence-corrected chi connectivity index (χ4v) is 4.07. The van der Waals surface area contributed by atoms with Crippen LogP contribution in [0.15, 0.2) is 48.5 Å². The molecule has 1 aliphatic rings. The third-order valence-electron chi connectivity index (χ3n) is 6.32. The maximum atomic E-state index is 12.8. The minimum absolute atomic E-state index is 0.0649. The summed E-state index contributed by atoms with van der Waals surface area (Å²) in [6, 6.07) is 16.4. The Morgan fingerprint density at radius 3 is 2.16 bits per heavy atom. The molecule has 0 aromatic heterocycles. The molecule has 2 aromatic carbocycles. The minimum atomic E-state index is -0.528. The number of ketones is 2. The Morgan fingerprint density at radius 2 is 1.61 bits per heavy atom. The van der Waals surface area contributed by atoms with Crippen molar-refractivity contribution in [2.75, 3.05) is 33.3 Å². The highest BCUT2D eigenvalue weighted by atomic mass is 16.3. The molecule has 1 aliphatic heterocycles. The summed E-state index contributed by atoms with van der Waals surface area (Å²) < 4.78 is 0. The second kappa shape index (κ2) is 11.3. The van der Waals surface area contributed by atoms with Crippen LogP contribution in [0, 0.1) is 5.92 Å². The zero-order valence-corrected chi connectivity index (χ0v) is 18.6. The van der Waals surface area contributed by atoms with Crippen LogP contribution in [-0.2, 0) is 11.2 Å². The quantitative estimate of drug-likeness (QED) is 0.575. The van der Waals surface area contributed by atoms with E-state index in [0.29, 0.717) is 18.2 Å². The first kappa shape index (κ1) is 23.3. The number of aliphatic hydroxyl groups excluding tert-OH is 1. The van der Waals surface area contributed by atoms with Crippen LogP contribution >= 0.6 is 0 Å². The van der Waals surface area contributed by atoms with Crippen LogP contribution in [0.3, 0.4) is 0 Å². The molecular formula is C26H34N2O3. The molecule has 166 valence electrons. The average Bonchev–Trinajstić information content (AvgIpc) is 2.82. The van der Waals surface area contributed by atoms with E-state index in [2.05, 4.69) is 48.5 Å². The molecule has 0 radical (unpaired) electrons. The second-order valence-electron chi connectivity index (χ2n) is 8.56. The summed E-state index contributed by atoms with van der Waals surface area (Å²) in [5, 5.41) is 12.8. The number of nitrogens with zero attached hydrogens (tertiary/aromatic N) is 1. The third kappa shape index (κ3) is 6.57. The van der Waals surface area contributed by atoms with Gasteiger partial charge in [-0.1, -0.05) is 55.5 Å². The van der Waals surface area contributed by atoms with Gasteiger partial charge < -0.3 is 15.3 Å². The lowest BCUT2D eigenvalue weighted by Gasteiger charge is -2.30. The standard InChI is InChI=1S/C26H34N2O3/c1-3-19-4-6-20(7-5-19)21-8-10-22(11-9-21)25(30)16-23(26(31)18-29)17-27-24-12-14-28(2)15-13-24/h4-11,23-24,27,29H,3,12-18H2,1-2H3/t23-/m0/s1. The molecule has 0 unspecified atom stereocenters. The summed E-state index contributed by atoms with van der Waals surface area (Å²) in [6.45, 7) is 4.10. The molecule has 5 nitrogen and oxygen atoms in total. The Kier molecular flexibility index (Phi) is 8.52. The topological polar surface area (TPSA) is 69.6 Å². The smallest absolute Gasteiger partial charge is 0.163 e. The van der Waals surface area contributed by atoms with E-state index in [-0.39, 0.29) is 18.0 Å². The van der Waals surface area contributed by atoms with Gasteiger partial charge in [-0.25, -0.2) is 0 Å². The second-order valence-corrected chi connectivity index (χ2v) is 8.56. The number of benzene rings is 2. The number of aliphatic hydroxyl groups is 1. The van der Waals surface area contributed by atoms with Gasteiger partial charge in [0.2, 0.25) is 0 Å². The predicted molar refractivity (Wildman–Crippen MR) is 124 cm³/mol. The summed E-state index contributed by atoms with van der Waals surface area (Å²) in [7, 11) is 2.11. The van der Waals surface area contributed by atoms with Crippen LogP contribution in [0.25, 0.3) is 11.1 Å². The fourth-order valence-electron chi connectivity index (χ4n) is 4.07. The number of rotatable bonds is 10. The van der Waals surface area contributed by atoms with E-state index in [9.17, 15) is 14.7 Å². The predicted octanol–water partition coefficient (Wildman–Crippen LogP) is 3.35. The largest absolute Gasteiger partial charge is 0.389 e. The first-order chi connectivity index (χ1) is 15.0. The van der Waals surface area contributed by atoms with Crippen LogP contribution in [-0.4, -0.2) is 60.9 Å². The minimum Gasteiger partial charge on any atom is -0.389 e. The molecule has 0 aliphatic carbocycles. The molecule has 0 saturated carbocycles. The van der Waals surface area contributed by atoms with Crippen molar-refractivity contribution in [1.29, 1.82) is 0 Å². The lowest BCUT2D eigenvalue weighted by atomic mass is 9.93. The van der Waals surface area contributed by atoms with E-state index in [1.807, 2.05) is 24.3 Å². The molecule has 2 N–H and O–H groups in total. The number of carbonyl (C=O) groups excluding carboxylic acids is 2. The molecule has 31 heavy (non-hydrogen) atoms. The molecule has 0 bridgehead atoms. The number of hydrogen-bond acceptors (Lipinski definition) is 5. The van der Waals surface area contributed by atoms with Crippen LogP contribution < -0.4 is 5.32 Å². The highest BCUT2D eigenvalue weighted by Gasteiger charge is 2.24. The maximum Gasteiger partial charge on any atom is 0.163 e. The van der Waals surface area contributed by atoms with Gasteiger partial charge in [0, 0.05) is 30.5 Å². The van der Waals surface area contributed by atoms with Crippen molar-refractivity contribution in [3.05, 3.63) is 59.7 Å². The van der Waals surface area contributed by atoms with E-state index < -0.39 is 12.5 Å². The fraction of sp³-hybridized carbons (Fsp3) is 0.462. The Balaban J connectivity index is 1.60. The summed E-state index contributed by atoms with van der Waals surface area (Å²) >= 11 is 0. The van der Waals surface area contributed by atoms with E-state index in [1.165, 1.54) is 5.56 Å². The molecule has 1 heterocycles. The molecule has 3 rings (SSSR count). The van der Waals surface area contributed by atoms with E-state index >= 15 is 0 Å². The van der Waals surface area contributed by atoms with Crippen molar-refractivity contribution in [2.24, 2.45) is 5.92 Å². The maximum absolute atomic E-state index is 12.8. The first-order valence-electron chi connectivity index (χ1n) is 11.3. The van der Waals surface area contributed by atoms with Gasteiger partial charge in [-0.2, -0.15) is 0 Å². The summed E-state index contributed by atoms with van der Waals surface area (Å²) in [5.41, 5.74) is 4.07. The van der Waals surface area contributed by atoms with Gasteiger partial charge in [0.25, 0.3) is 0 Å². The van der Waals surface area contributed by atoms with Gasteiger partial charge in [-0.15, -0.1) is 0 Å². The van der Waals surface area contributed by atoms with Crippen molar-refractivity contribution >= 4 is 11.6 Å². The van der Waals surface area contributed by atoms with Gasteiger partial charge in [0.15, 0.2) is 11.6 Å². The SMILES string of the molecule is CCc1ccc(-c2ccc(C(=O)C[C@@H](CNC3CCN(C)CC3)C(=O)CO)cc2)cc1. The Hall–Kier alpha value is -2.34. The number of carbonyl (C=O) groups is 2. The first-order valence-corrected chi connectivity index (χ1v) is 11.3. The third-order valence-corrected chi connectivity index (χ3v) is 6.32. The molecule has 1 saturated heterocycles. The molecule has 0 spiro atoms. The van der Waals surface area contributed by atoms with Crippen molar-refractivity contribution in [1.82, 2.24) is 10.2 Å². The number of aryl methyl sites for hydroxylation is 1. The van der Waals surface area contributed by atoms with Crippen LogP contribution in [0.1, 0.15) is 42.1 Å². The van der Waals surface area contributed by atoms with Gasteiger partial charge in [-0.3, -0.25) is 9.59 Å². The molecule has 1 atom stereocenters. The Morgan fingerprint density at radius 1 is 1.03 bits per heavy atom. The molecular weight excluding hydrogens is 388 g/mol. The van der Waals surface area contributed by atoms with Crippen molar-refractivity contribution < 1.29 is 14.7 Å². The van der Waals surface area contributed by atoms with Gasteiger partial charge in [-0.05, 0) is 56.1 Å². The summed E-state index contributed by atoms with van der Waals surface area (Å²) in [4.78, 5) is 27.4. The van der Waals surface area contributed by atoms with Crippen molar-refractivity contribution in [3.8, 4) is 11.1 Å². The van der Waals surface area contributed by atoms with Crippen LogP contribution in [0.2, 0.25) is 0 Å². The van der Waals surface area contributed by atoms with Gasteiger partial charge in [0.05, 0.1) is 0 Å². The van der Waals surface area contributed by atoms with Gasteiger partial charge >= 0.3 is 0 Å². The molecule has 5 heteroatoms. The zero-order valence-electron chi connectivity index (χ0n) is 18.6. The number of likely N-dealkylation sites (tertiary alicyclic amines) is 1. The number of nitrogens with one attached hydrogen (secondary N) is 1. The number of hydrogen-bond donors (Lipinski definition) is 2. The highest BCUT2D eigenvalue weighted by molar-refractivity contribution is 5.99. The van der Waals surface area contributed by atoms with Crippen LogP contribution in [0.5, 0.6) is 0 Å². The van der Waals surface area contributed by atoms with Crippen molar-refractivity contribution in [2.45, 2.75) is 38.6 Å². The lowest BCUT2D eigenvalue weighted by Crippen LogP contribution is -2.44. The average molecular weight is 423 g/mol. The van der Waals surface area contributed by atoms with Gasteiger partial charge in [0.1, 0.15) is 6.61 Å². The zero-order chi connectivity index (χ0) is 22.2. The summed E-state index contributed by atoms with van der Waals surface area (Å²) in [6.07, 6.45) is 3.19. The normalized spacial score (nSPS) is 16.2. The van der Waals surface area contributed by atoms with Crippen molar-refractivity contribution in [3.63, 3.8) is 0 Å². The molecule has 0 amide bonds.